The standard InChI is InChI=1S/C16H15ClN2O/c17-13-6-8-15-12(9-13)5-7-14(19-15)10-1-3-11(4-2-10)16(18)20/h1-4,6,8-9,14,19H,5,7H2,(H2,18,20). The molecule has 0 saturated carbocycles. The number of nitrogens with one attached hydrogen (secondary N) is 1. The minimum Gasteiger partial charge on any atom is -0.378 e. The van der Waals surface area contributed by atoms with Crippen LogP contribution >= 0.6 is 11.6 Å². The Morgan fingerprint density at radius 2 is 1.95 bits per heavy atom. The molecular formula is C16H15ClN2O. The fourth-order valence-electron chi connectivity index (χ4n) is 2.60. The van der Waals surface area contributed by atoms with Gasteiger partial charge in [-0.1, -0.05) is 23.7 Å². The van der Waals surface area contributed by atoms with Crippen molar-refractivity contribution in [1.82, 2.24) is 0 Å². The number of benzene rings is 2. The van der Waals surface area contributed by atoms with E-state index in [0.29, 0.717) is 5.56 Å². The van der Waals surface area contributed by atoms with Crippen LogP contribution in [0.1, 0.15) is 33.9 Å². The number of carbonyl (C=O) groups excluding carboxylic acids is 1. The third kappa shape index (κ3) is 2.49. The van der Waals surface area contributed by atoms with Crippen LogP contribution in [0.5, 0.6) is 0 Å². The number of aryl methyl sites for hydroxylation is 1. The van der Waals surface area contributed by atoms with E-state index in [2.05, 4.69) is 5.32 Å². The summed E-state index contributed by atoms with van der Waals surface area (Å²) in [6.07, 6.45) is 1.99. The monoisotopic (exact) mass is 286 g/mol. The minimum absolute atomic E-state index is 0.255. The van der Waals surface area contributed by atoms with Crippen LogP contribution in [0.2, 0.25) is 5.02 Å². The first-order valence-corrected chi connectivity index (χ1v) is 6.96. The Kier molecular flexibility index (Phi) is 3.36. The molecule has 3 nitrogen and oxygen atoms in total. The summed E-state index contributed by atoms with van der Waals surface area (Å²) in [5.41, 5.74) is 9.34. The van der Waals surface area contributed by atoms with Gasteiger partial charge in [-0.05, 0) is 54.3 Å². The lowest BCUT2D eigenvalue weighted by Gasteiger charge is -2.27. The highest BCUT2D eigenvalue weighted by Crippen LogP contribution is 2.33. The number of primary amides is 1. The summed E-state index contributed by atoms with van der Waals surface area (Å²) >= 11 is 6.01. The molecule has 3 rings (SSSR count). The maximum Gasteiger partial charge on any atom is 0.248 e. The van der Waals surface area contributed by atoms with Crippen molar-refractivity contribution in [2.24, 2.45) is 5.73 Å². The second-order valence-corrected chi connectivity index (χ2v) is 5.46. The number of nitrogens with two attached hydrogens (primary N) is 1. The second kappa shape index (κ2) is 5.17. The van der Waals surface area contributed by atoms with Crippen LogP contribution in [0, 0.1) is 0 Å². The normalized spacial score (nSPS) is 17.1. The summed E-state index contributed by atoms with van der Waals surface area (Å²) in [7, 11) is 0. The van der Waals surface area contributed by atoms with Gasteiger partial charge in [-0.15, -0.1) is 0 Å². The molecule has 3 N–H and O–H groups in total. The molecule has 0 aliphatic carbocycles. The molecule has 1 aliphatic rings. The van der Waals surface area contributed by atoms with Crippen LogP contribution in [0.4, 0.5) is 5.69 Å². The number of hydrogen-bond donors (Lipinski definition) is 2. The van der Waals surface area contributed by atoms with Crippen LogP contribution in [0.25, 0.3) is 0 Å². The van der Waals surface area contributed by atoms with E-state index in [9.17, 15) is 4.79 Å². The van der Waals surface area contributed by atoms with Gasteiger partial charge in [0.2, 0.25) is 5.91 Å². The summed E-state index contributed by atoms with van der Waals surface area (Å²) in [5, 5.41) is 4.29. The molecule has 0 spiro atoms. The molecule has 1 atom stereocenters. The molecule has 2 aromatic carbocycles. The van der Waals surface area contributed by atoms with Gasteiger partial charge in [0, 0.05) is 16.3 Å². The molecule has 1 aliphatic heterocycles. The fraction of sp³-hybridized carbons (Fsp3) is 0.188. The Morgan fingerprint density at radius 3 is 2.65 bits per heavy atom. The molecule has 0 aromatic heterocycles. The van der Waals surface area contributed by atoms with E-state index in [1.165, 1.54) is 5.56 Å². The Morgan fingerprint density at radius 1 is 1.20 bits per heavy atom. The van der Waals surface area contributed by atoms with Gasteiger partial charge in [0.15, 0.2) is 0 Å². The van der Waals surface area contributed by atoms with Gasteiger partial charge in [0.05, 0.1) is 6.04 Å². The average Bonchev–Trinajstić information content (AvgIpc) is 2.47. The van der Waals surface area contributed by atoms with Crippen molar-refractivity contribution in [3.05, 3.63) is 64.2 Å². The Bertz CT molecular complexity index is 652. The molecule has 20 heavy (non-hydrogen) atoms. The van der Waals surface area contributed by atoms with Gasteiger partial charge in [-0.2, -0.15) is 0 Å². The number of halogens is 1. The highest BCUT2D eigenvalue weighted by atomic mass is 35.5. The number of rotatable bonds is 2. The lowest BCUT2D eigenvalue weighted by atomic mass is 9.93. The lowest BCUT2D eigenvalue weighted by molar-refractivity contribution is 0.100. The lowest BCUT2D eigenvalue weighted by Crippen LogP contribution is -2.18. The van der Waals surface area contributed by atoms with Crippen molar-refractivity contribution in [1.29, 1.82) is 0 Å². The van der Waals surface area contributed by atoms with Crippen molar-refractivity contribution in [3.63, 3.8) is 0 Å². The van der Waals surface area contributed by atoms with Crippen molar-refractivity contribution >= 4 is 23.2 Å². The molecule has 0 fully saturated rings. The van der Waals surface area contributed by atoms with Crippen LogP contribution in [0.15, 0.2) is 42.5 Å². The van der Waals surface area contributed by atoms with Crippen LogP contribution in [-0.2, 0) is 6.42 Å². The van der Waals surface area contributed by atoms with Gasteiger partial charge in [0.1, 0.15) is 0 Å². The van der Waals surface area contributed by atoms with E-state index >= 15 is 0 Å². The zero-order valence-corrected chi connectivity index (χ0v) is 11.7. The quantitative estimate of drug-likeness (QED) is 0.887. The van der Waals surface area contributed by atoms with E-state index in [-0.39, 0.29) is 6.04 Å². The highest BCUT2D eigenvalue weighted by molar-refractivity contribution is 6.30. The zero-order valence-electron chi connectivity index (χ0n) is 10.9. The summed E-state index contributed by atoms with van der Waals surface area (Å²) in [6, 6.07) is 13.6. The molecule has 102 valence electrons. The van der Waals surface area contributed by atoms with Crippen molar-refractivity contribution < 1.29 is 4.79 Å². The second-order valence-electron chi connectivity index (χ2n) is 5.02. The van der Waals surface area contributed by atoms with Crippen molar-refractivity contribution in [2.75, 3.05) is 5.32 Å². The van der Waals surface area contributed by atoms with Gasteiger partial charge >= 0.3 is 0 Å². The average molecular weight is 287 g/mol. The van der Waals surface area contributed by atoms with Crippen LogP contribution < -0.4 is 11.1 Å². The van der Waals surface area contributed by atoms with Gasteiger partial charge in [-0.3, -0.25) is 4.79 Å². The first-order chi connectivity index (χ1) is 9.63. The van der Waals surface area contributed by atoms with Gasteiger partial charge < -0.3 is 11.1 Å². The summed E-state index contributed by atoms with van der Waals surface area (Å²) in [4.78, 5) is 11.1. The van der Waals surface area contributed by atoms with E-state index in [1.807, 2.05) is 30.3 Å². The number of carbonyl (C=O) groups is 1. The van der Waals surface area contributed by atoms with Crippen LogP contribution in [0.3, 0.4) is 0 Å². The summed E-state index contributed by atoms with van der Waals surface area (Å²) in [6.45, 7) is 0. The number of anilines is 1. The van der Waals surface area contributed by atoms with E-state index in [0.717, 1.165) is 29.1 Å². The van der Waals surface area contributed by atoms with Crippen molar-refractivity contribution in [3.8, 4) is 0 Å². The summed E-state index contributed by atoms with van der Waals surface area (Å²) < 4.78 is 0. The van der Waals surface area contributed by atoms with Crippen LogP contribution in [-0.4, -0.2) is 5.91 Å². The molecule has 0 radical (unpaired) electrons. The SMILES string of the molecule is NC(=O)c1ccc(C2CCc3cc(Cl)ccc3N2)cc1. The van der Waals surface area contributed by atoms with Crippen molar-refractivity contribution in [2.45, 2.75) is 18.9 Å². The maximum atomic E-state index is 11.1. The molecule has 0 saturated heterocycles. The van der Waals surface area contributed by atoms with Gasteiger partial charge in [0.25, 0.3) is 0 Å². The minimum atomic E-state index is -0.395. The Balaban J connectivity index is 1.83. The molecule has 1 amide bonds. The van der Waals surface area contributed by atoms with Gasteiger partial charge in [-0.25, -0.2) is 0 Å². The Hall–Kier alpha value is -2.00. The molecule has 2 aromatic rings. The smallest absolute Gasteiger partial charge is 0.248 e. The summed E-state index contributed by atoms with van der Waals surface area (Å²) in [5.74, 6) is -0.395. The largest absolute Gasteiger partial charge is 0.378 e. The molecule has 1 heterocycles. The topological polar surface area (TPSA) is 55.1 Å². The molecule has 1 unspecified atom stereocenters. The molecule has 4 heteroatoms. The predicted octanol–water partition coefficient (Wildman–Crippen LogP) is 3.54. The third-order valence-electron chi connectivity index (χ3n) is 3.70. The number of fused-ring (bicyclic) bond motifs is 1. The Labute approximate surface area is 122 Å². The first-order valence-electron chi connectivity index (χ1n) is 6.58. The molecular weight excluding hydrogens is 272 g/mol. The van der Waals surface area contributed by atoms with E-state index < -0.39 is 5.91 Å². The zero-order chi connectivity index (χ0) is 14.1. The maximum absolute atomic E-state index is 11.1. The highest BCUT2D eigenvalue weighted by Gasteiger charge is 2.19. The molecule has 0 bridgehead atoms. The number of hydrogen-bond acceptors (Lipinski definition) is 2. The number of amides is 1. The third-order valence-corrected chi connectivity index (χ3v) is 3.93. The van der Waals surface area contributed by atoms with E-state index in [1.54, 1.807) is 12.1 Å². The van der Waals surface area contributed by atoms with E-state index in [4.69, 9.17) is 17.3 Å². The fourth-order valence-corrected chi connectivity index (χ4v) is 2.79. The predicted molar refractivity (Wildman–Crippen MR) is 81.1 cm³/mol. The first kappa shape index (κ1) is 13.0.